The zero-order chi connectivity index (χ0) is 21.4. The molecule has 0 saturated heterocycles. The number of hydrogen-bond donors (Lipinski definition) is 0. The smallest absolute Gasteiger partial charge is 0.303 e. The average Bonchev–Trinajstić information content (AvgIpc) is 2.79. The number of fused-ring (bicyclic) bond motifs is 3. The first-order chi connectivity index (χ1) is 13.4. The van der Waals surface area contributed by atoms with Crippen LogP contribution in [0.4, 0.5) is 0 Å². The van der Waals surface area contributed by atoms with Gasteiger partial charge in [-0.15, -0.1) is 0 Å². The number of esters is 2. The molecular formula is C25H34O4. The van der Waals surface area contributed by atoms with E-state index in [-0.39, 0.29) is 52.2 Å². The van der Waals surface area contributed by atoms with Crippen molar-refractivity contribution in [2.24, 2.45) is 28.1 Å². The van der Waals surface area contributed by atoms with Crippen LogP contribution in [0.5, 0.6) is 0 Å². The Morgan fingerprint density at radius 1 is 1.03 bits per heavy atom. The van der Waals surface area contributed by atoms with Gasteiger partial charge in [0.05, 0.1) is 0 Å². The molecule has 1 spiro atoms. The number of hydrogen-bond acceptors (Lipinski definition) is 4. The summed E-state index contributed by atoms with van der Waals surface area (Å²) in [5, 5.41) is 0. The zero-order valence-corrected chi connectivity index (χ0v) is 18.5. The summed E-state index contributed by atoms with van der Waals surface area (Å²) in [6.45, 7) is 18.6. The van der Waals surface area contributed by atoms with Crippen LogP contribution in [0.15, 0.2) is 36.0 Å². The van der Waals surface area contributed by atoms with E-state index in [1.54, 1.807) is 0 Å². The number of allylic oxidation sites excluding steroid dienone is 2. The largest absolute Gasteiger partial charge is 0.462 e. The van der Waals surface area contributed by atoms with Crippen molar-refractivity contribution in [2.45, 2.75) is 78.9 Å². The number of carbonyl (C=O) groups excluding carboxylic acids is 2. The maximum atomic E-state index is 12.1. The minimum atomic E-state index is -0.378. The van der Waals surface area contributed by atoms with Crippen molar-refractivity contribution < 1.29 is 19.1 Å². The van der Waals surface area contributed by atoms with E-state index in [0.717, 1.165) is 36.8 Å². The second-order valence-electron chi connectivity index (χ2n) is 10.7. The molecule has 0 aromatic heterocycles. The maximum Gasteiger partial charge on any atom is 0.303 e. The predicted octanol–water partition coefficient (Wildman–Crippen LogP) is 5.14. The van der Waals surface area contributed by atoms with Crippen LogP contribution in [-0.2, 0) is 19.1 Å². The van der Waals surface area contributed by atoms with Gasteiger partial charge in [-0.2, -0.15) is 0 Å². The van der Waals surface area contributed by atoms with Gasteiger partial charge in [0.1, 0.15) is 12.2 Å². The average molecular weight is 399 g/mol. The molecule has 3 saturated carbocycles. The molecule has 158 valence electrons. The highest BCUT2D eigenvalue weighted by Crippen LogP contribution is 2.71. The Hall–Kier alpha value is -1.84. The van der Waals surface area contributed by atoms with Crippen LogP contribution < -0.4 is 0 Å². The molecule has 4 aliphatic carbocycles. The fraction of sp³-hybridized carbons (Fsp3) is 0.680. The van der Waals surface area contributed by atoms with Crippen LogP contribution in [-0.4, -0.2) is 24.1 Å². The Morgan fingerprint density at radius 2 is 1.69 bits per heavy atom. The minimum absolute atomic E-state index is 0.0558. The second-order valence-corrected chi connectivity index (χ2v) is 10.7. The summed E-state index contributed by atoms with van der Waals surface area (Å²) in [6, 6.07) is 0. The normalized spacial score (nSPS) is 42.4. The molecular weight excluding hydrogens is 364 g/mol. The Bertz CT molecular complexity index is 834. The first-order valence-electron chi connectivity index (χ1n) is 10.9. The van der Waals surface area contributed by atoms with E-state index in [0.29, 0.717) is 6.42 Å². The van der Waals surface area contributed by atoms with Gasteiger partial charge >= 0.3 is 11.9 Å². The Balaban J connectivity index is 1.91. The number of rotatable bonds is 2. The molecule has 0 heterocycles. The molecule has 29 heavy (non-hydrogen) atoms. The Morgan fingerprint density at radius 3 is 2.31 bits per heavy atom. The highest BCUT2D eigenvalue weighted by atomic mass is 16.6. The van der Waals surface area contributed by atoms with Crippen LogP contribution in [0.2, 0.25) is 0 Å². The van der Waals surface area contributed by atoms with Crippen LogP contribution in [0.25, 0.3) is 0 Å². The SMILES string of the molecule is C=C1C=C2[C@]3(C[C@@H]1C(=C)[C@H]3OC(C)=O)C[C@H](OC(C)=O)[C@@H]1C(C)(C)CCC[C@@]21C. The molecule has 6 atom stereocenters. The third-order valence-corrected chi connectivity index (χ3v) is 8.37. The zero-order valence-electron chi connectivity index (χ0n) is 18.5. The van der Waals surface area contributed by atoms with Gasteiger partial charge < -0.3 is 9.47 Å². The molecule has 0 amide bonds. The lowest BCUT2D eigenvalue weighted by Crippen LogP contribution is -2.60. The van der Waals surface area contributed by atoms with Crippen LogP contribution in [0, 0.1) is 28.1 Å². The van der Waals surface area contributed by atoms with E-state index in [1.165, 1.54) is 19.4 Å². The first kappa shape index (κ1) is 20.4. The van der Waals surface area contributed by atoms with Gasteiger partial charge in [0.2, 0.25) is 0 Å². The molecule has 4 nitrogen and oxygen atoms in total. The first-order valence-corrected chi connectivity index (χ1v) is 10.9. The summed E-state index contributed by atoms with van der Waals surface area (Å²) in [7, 11) is 0. The quantitative estimate of drug-likeness (QED) is 0.477. The molecule has 0 aromatic rings. The van der Waals surface area contributed by atoms with E-state index in [9.17, 15) is 9.59 Å². The second kappa shape index (κ2) is 6.33. The molecule has 0 aliphatic heterocycles. The highest BCUT2D eigenvalue weighted by molar-refractivity contribution is 5.68. The molecule has 3 fully saturated rings. The van der Waals surface area contributed by atoms with Gasteiger partial charge in [-0.25, -0.2) is 0 Å². The Kier molecular flexibility index (Phi) is 4.46. The van der Waals surface area contributed by atoms with E-state index in [2.05, 4.69) is 40.0 Å². The van der Waals surface area contributed by atoms with Crippen molar-refractivity contribution in [3.63, 3.8) is 0 Å². The van der Waals surface area contributed by atoms with Crippen molar-refractivity contribution in [2.75, 3.05) is 0 Å². The maximum absolute atomic E-state index is 12.1. The summed E-state index contributed by atoms with van der Waals surface area (Å²) in [6.07, 6.45) is 6.53. The van der Waals surface area contributed by atoms with Crippen molar-refractivity contribution in [3.05, 3.63) is 36.0 Å². The molecule has 0 N–H and O–H groups in total. The lowest BCUT2D eigenvalue weighted by Gasteiger charge is -2.63. The summed E-state index contributed by atoms with van der Waals surface area (Å²) < 4.78 is 11.9. The topological polar surface area (TPSA) is 52.6 Å². The molecule has 2 bridgehead atoms. The fourth-order valence-electron chi connectivity index (χ4n) is 7.68. The van der Waals surface area contributed by atoms with Crippen LogP contribution in [0.1, 0.15) is 66.7 Å². The van der Waals surface area contributed by atoms with Gasteiger partial charge in [-0.3, -0.25) is 9.59 Å². The standard InChI is InChI=1S/C25H34O4/c1-14-11-20-24(7)10-8-9-23(5,6)21(24)19(28-16(3)26)13-25(20)12-18(14)15(2)22(25)29-17(4)27/h11,18-19,21-22H,1-2,8-10,12-13H2,3-7H3/t18-,19-,21+,22+,24-,25-/m0/s1. The van der Waals surface area contributed by atoms with E-state index < -0.39 is 0 Å². The molecule has 0 radical (unpaired) electrons. The van der Waals surface area contributed by atoms with Crippen molar-refractivity contribution in [1.82, 2.24) is 0 Å². The van der Waals surface area contributed by atoms with Gasteiger partial charge in [-0.1, -0.05) is 52.0 Å². The monoisotopic (exact) mass is 398 g/mol. The highest BCUT2D eigenvalue weighted by Gasteiger charge is 2.68. The summed E-state index contributed by atoms with van der Waals surface area (Å²) >= 11 is 0. The van der Waals surface area contributed by atoms with Crippen LogP contribution in [0.3, 0.4) is 0 Å². The lowest BCUT2D eigenvalue weighted by molar-refractivity contribution is -0.179. The third-order valence-electron chi connectivity index (χ3n) is 8.37. The number of ether oxygens (including phenoxy) is 2. The molecule has 0 aromatic carbocycles. The Labute approximate surface area is 174 Å². The van der Waals surface area contributed by atoms with E-state index in [1.807, 2.05) is 0 Å². The third kappa shape index (κ3) is 2.78. The predicted molar refractivity (Wildman–Crippen MR) is 112 cm³/mol. The minimum Gasteiger partial charge on any atom is -0.462 e. The van der Waals surface area contributed by atoms with Crippen molar-refractivity contribution in [3.8, 4) is 0 Å². The van der Waals surface area contributed by atoms with Gasteiger partial charge in [0.25, 0.3) is 0 Å². The van der Waals surface area contributed by atoms with Crippen molar-refractivity contribution in [1.29, 1.82) is 0 Å². The summed E-state index contributed by atoms with van der Waals surface area (Å²) in [5.41, 5.74) is 2.93. The van der Waals surface area contributed by atoms with E-state index >= 15 is 0 Å². The van der Waals surface area contributed by atoms with Crippen molar-refractivity contribution >= 4 is 11.9 Å². The van der Waals surface area contributed by atoms with Gasteiger partial charge in [-0.05, 0) is 47.7 Å². The lowest BCUT2D eigenvalue weighted by atomic mass is 9.43. The molecule has 4 heteroatoms. The molecule has 0 unspecified atom stereocenters. The van der Waals surface area contributed by atoms with Gasteiger partial charge in [0, 0.05) is 31.1 Å². The summed E-state index contributed by atoms with van der Waals surface area (Å²) in [4.78, 5) is 24.1. The fourth-order valence-corrected chi connectivity index (χ4v) is 7.68. The number of carbonyl (C=O) groups is 2. The van der Waals surface area contributed by atoms with Crippen LogP contribution >= 0.6 is 0 Å². The molecule has 4 rings (SSSR count). The van der Waals surface area contributed by atoms with E-state index in [4.69, 9.17) is 9.47 Å². The summed E-state index contributed by atoms with van der Waals surface area (Å²) in [5.74, 6) is -0.179. The van der Waals surface area contributed by atoms with Gasteiger partial charge in [0.15, 0.2) is 0 Å². The molecule has 4 aliphatic rings.